The van der Waals surface area contributed by atoms with Gasteiger partial charge in [0.05, 0.1) is 31.9 Å². The summed E-state index contributed by atoms with van der Waals surface area (Å²) in [6, 6.07) is 7.68. The number of rotatable bonds is 8. The summed E-state index contributed by atoms with van der Waals surface area (Å²) in [5, 5.41) is 2.39. The molecule has 164 valence electrons. The summed E-state index contributed by atoms with van der Waals surface area (Å²) < 4.78 is 77.2. The Bertz CT molecular complexity index is 1020. The van der Waals surface area contributed by atoms with Gasteiger partial charge in [0.25, 0.3) is 9.84 Å². The van der Waals surface area contributed by atoms with Crippen LogP contribution >= 0.6 is 0 Å². The quantitative estimate of drug-likeness (QED) is 0.665. The fraction of sp³-hybridized carbons (Fsp3) is 0.316. The van der Waals surface area contributed by atoms with E-state index in [1.807, 2.05) is 0 Å². The number of hydrogen-bond donors (Lipinski definition) is 1. The zero-order valence-corrected chi connectivity index (χ0v) is 17.2. The van der Waals surface area contributed by atoms with Crippen molar-refractivity contribution in [2.24, 2.45) is 0 Å². The van der Waals surface area contributed by atoms with E-state index >= 15 is 0 Å². The van der Waals surface area contributed by atoms with E-state index in [-0.39, 0.29) is 24.3 Å². The topological polar surface area (TPSA) is 90.9 Å². The smallest absolute Gasteiger partial charge is 0.495 e. The summed E-state index contributed by atoms with van der Waals surface area (Å²) in [6.07, 6.45) is 0.192. The number of carbonyl (C=O) groups excluding carboxylic acids is 1. The summed E-state index contributed by atoms with van der Waals surface area (Å²) in [6.45, 7) is 0. The highest BCUT2D eigenvalue weighted by Gasteiger charge is 2.47. The van der Waals surface area contributed by atoms with E-state index in [1.165, 1.54) is 21.3 Å². The van der Waals surface area contributed by atoms with Gasteiger partial charge in [0.1, 0.15) is 5.75 Å². The number of benzene rings is 2. The van der Waals surface area contributed by atoms with Crippen molar-refractivity contribution in [1.29, 1.82) is 0 Å². The molecule has 0 unspecified atom stereocenters. The predicted molar refractivity (Wildman–Crippen MR) is 103 cm³/mol. The van der Waals surface area contributed by atoms with E-state index in [9.17, 15) is 26.4 Å². The first-order valence-electron chi connectivity index (χ1n) is 8.54. The van der Waals surface area contributed by atoms with Crippen molar-refractivity contribution in [2.75, 3.05) is 26.6 Å². The van der Waals surface area contributed by atoms with Crippen LogP contribution in [0.15, 0.2) is 41.3 Å². The molecule has 0 heterocycles. The molecular formula is C19H20F3NO6S. The molecule has 2 rings (SSSR count). The first-order valence-corrected chi connectivity index (χ1v) is 10.0. The molecule has 2 aromatic carbocycles. The molecule has 11 heteroatoms. The highest BCUT2D eigenvalue weighted by Crippen LogP contribution is 2.35. The molecule has 0 aromatic heterocycles. The number of amides is 1. The molecular weight excluding hydrogens is 427 g/mol. The van der Waals surface area contributed by atoms with E-state index < -0.39 is 26.1 Å². The molecule has 1 N–H and O–H groups in total. The molecule has 0 saturated heterocycles. The molecule has 1 amide bonds. The van der Waals surface area contributed by atoms with E-state index in [0.717, 1.165) is 12.1 Å². The lowest BCUT2D eigenvalue weighted by molar-refractivity contribution is -0.116. The van der Waals surface area contributed by atoms with Gasteiger partial charge >= 0.3 is 5.51 Å². The number of nitrogens with one attached hydrogen (secondary N) is 1. The lowest BCUT2D eigenvalue weighted by Crippen LogP contribution is -2.23. The molecule has 7 nitrogen and oxygen atoms in total. The van der Waals surface area contributed by atoms with Crippen LogP contribution in [0, 0.1) is 0 Å². The second-order valence-corrected chi connectivity index (χ2v) is 7.95. The Morgan fingerprint density at radius 2 is 1.67 bits per heavy atom. The third kappa shape index (κ3) is 4.96. The fourth-order valence-electron chi connectivity index (χ4n) is 2.70. The molecule has 0 aliphatic rings. The standard InChI is InChI=1S/C19H20F3NO6S/c1-27-15-9-8-13(30(25,26)19(20,21)22)11-14(15)23-17(24)10-7-12-5-4-6-16(28-2)18(12)29-3/h4-6,8-9,11H,7,10H2,1-3H3,(H,23,24). The van der Waals surface area contributed by atoms with Crippen LogP contribution in [0.1, 0.15) is 12.0 Å². The van der Waals surface area contributed by atoms with Crippen molar-refractivity contribution in [3.63, 3.8) is 0 Å². The molecule has 0 radical (unpaired) electrons. The number of ether oxygens (including phenoxy) is 3. The number of anilines is 1. The van der Waals surface area contributed by atoms with Gasteiger partial charge in [-0.05, 0) is 36.2 Å². The Hall–Kier alpha value is -2.95. The predicted octanol–water partition coefficient (Wildman–Crippen LogP) is 3.58. The molecule has 2 aromatic rings. The van der Waals surface area contributed by atoms with Crippen LogP contribution in [0.3, 0.4) is 0 Å². The second kappa shape index (κ2) is 9.24. The maximum Gasteiger partial charge on any atom is 0.501 e. The van der Waals surface area contributed by atoms with Gasteiger partial charge in [0.2, 0.25) is 5.91 Å². The third-order valence-corrected chi connectivity index (χ3v) is 5.65. The number of aryl methyl sites for hydroxylation is 1. The first-order chi connectivity index (χ1) is 14.0. The van der Waals surface area contributed by atoms with Crippen LogP contribution in [-0.4, -0.2) is 41.2 Å². The van der Waals surface area contributed by atoms with Crippen LogP contribution in [0.5, 0.6) is 17.2 Å². The first kappa shape index (κ1) is 23.3. The number of halogens is 3. The van der Waals surface area contributed by atoms with Crippen LogP contribution in [0.2, 0.25) is 0 Å². The average molecular weight is 447 g/mol. The van der Waals surface area contributed by atoms with Gasteiger partial charge in [-0.1, -0.05) is 12.1 Å². The largest absolute Gasteiger partial charge is 0.501 e. The number of carbonyl (C=O) groups is 1. The number of para-hydroxylation sites is 1. The Morgan fingerprint density at radius 1 is 1.00 bits per heavy atom. The van der Waals surface area contributed by atoms with Crippen molar-refractivity contribution < 1.29 is 40.6 Å². The summed E-state index contributed by atoms with van der Waals surface area (Å²) in [5.41, 5.74) is -4.97. The lowest BCUT2D eigenvalue weighted by Gasteiger charge is -2.14. The maximum absolute atomic E-state index is 12.8. The highest BCUT2D eigenvalue weighted by atomic mass is 32.2. The van der Waals surface area contributed by atoms with Gasteiger partial charge in [-0.15, -0.1) is 0 Å². The van der Waals surface area contributed by atoms with Gasteiger partial charge < -0.3 is 19.5 Å². The van der Waals surface area contributed by atoms with Crippen molar-refractivity contribution in [3.05, 3.63) is 42.0 Å². The Kier molecular flexibility index (Phi) is 7.19. The summed E-state index contributed by atoms with van der Waals surface area (Å²) >= 11 is 0. The number of methoxy groups -OCH3 is 3. The van der Waals surface area contributed by atoms with Crippen molar-refractivity contribution >= 4 is 21.4 Å². The van der Waals surface area contributed by atoms with Crippen LogP contribution < -0.4 is 19.5 Å². The second-order valence-electron chi connectivity index (χ2n) is 6.01. The monoisotopic (exact) mass is 447 g/mol. The van der Waals surface area contributed by atoms with Gasteiger partial charge in [0, 0.05) is 6.42 Å². The van der Waals surface area contributed by atoms with Gasteiger partial charge in [-0.2, -0.15) is 13.2 Å². The van der Waals surface area contributed by atoms with Gasteiger partial charge in [-0.3, -0.25) is 4.79 Å². The van der Waals surface area contributed by atoms with Crippen molar-refractivity contribution in [2.45, 2.75) is 23.2 Å². The normalized spacial score (nSPS) is 11.7. The number of hydrogen-bond acceptors (Lipinski definition) is 6. The molecule has 0 saturated carbocycles. The van der Waals surface area contributed by atoms with Crippen LogP contribution in [-0.2, 0) is 21.1 Å². The van der Waals surface area contributed by atoms with Crippen molar-refractivity contribution in [1.82, 2.24) is 0 Å². The van der Waals surface area contributed by atoms with Gasteiger partial charge in [-0.25, -0.2) is 8.42 Å². The van der Waals surface area contributed by atoms with E-state index in [2.05, 4.69) is 5.32 Å². The molecule has 0 spiro atoms. The van der Waals surface area contributed by atoms with E-state index in [4.69, 9.17) is 14.2 Å². The van der Waals surface area contributed by atoms with Crippen LogP contribution in [0.25, 0.3) is 0 Å². The summed E-state index contributed by atoms with van der Waals surface area (Å²) in [4.78, 5) is 11.4. The molecule has 0 bridgehead atoms. The summed E-state index contributed by atoms with van der Waals surface area (Å²) in [5.74, 6) is 0.411. The molecule has 30 heavy (non-hydrogen) atoms. The number of sulfone groups is 1. The Balaban J connectivity index is 2.22. The fourth-order valence-corrected chi connectivity index (χ4v) is 3.48. The van der Waals surface area contributed by atoms with Gasteiger partial charge in [0.15, 0.2) is 11.5 Å². The molecule has 0 atom stereocenters. The molecule has 0 fully saturated rings. The van der Waals surface area contributed by atoms with Crippen molar-refractivity contribution in [3.8, 4) is 17.2 Å². The van der Waals surface area contributed by atoms with E-state index in [1.54, 1.807) is 18.2 Å². The lowest BCUT2D eigenvalue weighted by atomic mass is 10.1. The minimum atomic E-state index is -5.57. The maximum atomic E-state index is 12.8. The molecule has 0 aliphatic heterocycles. The highest BCUT2D eigenvalue weighted by molar-refractivity contribution is 7.92. The SMILES string of the molecule is COc1ccc(S(=O)(=O)C(F)(F)F)cc1NC(=O)CCc1cccc(OC)c1OC. The zero-order valence-electron chi connectivity index (χ0n) is 16.4. The van der Waals surface area contributed by atoms with Crippen LogP contribution in [0.4, 0.5) is 18.9 Å². The van der Waals surface area contributed by atoms with E-state index in [0.29, 0.717) is 23.1 Å². The molecule has 0 aliphatic carbocycles. The number of alkyl halides is 3. The minimum Gasteiger partial charge on any atom is -0.495 e. The Labute approximate surface area is 171 Å². The zero-order chi connectivity index (χ0) is 22.5. The average Bonchev–Trinajstić information content (AvgIpc) is 2.70. The summed E-state index contributed by atoms with van der Waals surface area (Å²) in [7, 11) is -1.40. The third-order valence-electron chi connectivity index (χ3n) is 4.17. The minimum absolute atomic E-state index is 0.0171. The Morgan fingerprint density at radius 3 is 2.23 bits per heavy atom.